The highest BCUT2D eigenvalue weighted by Gasteiger charge is 2.51. The summed E-state index contributed by atoms with van der Waals surface area (Å²) in [5.41, 5.74) is 2.07. The van der Waals surface area contributed by atoms with Crippen molar-refractivity contribution in [3.8, 4) is 11.5 Å². The molecular formula is C30H35FN2O8. The predicted molar refractivity (Wildman–Crippen MR) is 145 cm³/mol. The number of ether oxygens (including phenoxy) is 3. The van der Waals surface area contributed by atoms with Crippen molar-refractivity contribution >= 4 is 11.8 Å². The molecule has 2 amide bonds. The molecule has 1 saturated heterocycles. The van der Waals surface area contributed by atoms with Crippen LogP contribution in [0.3, 0.4) is 0 Å². The summed E-state index contributed by atoms with van der Waals surface area (Å²) in [6.07, 6.45) is 0.267. The molecule has 0 saturated carbocycles. The molecule has 11 heteroatoms. The molecule has 1 fully saturated rings. The van der Waals surface area contributed by atoms with Gasteiger partial charge in [-0.05, 0) is 54.3 Å². The third-order valence-corrected chi connectivity index (χ3v) is 7.95. The molecule has 5 atom stereocenters. The van der Waals surface area contributed by atoms with E-state index in [9.17, 15) is 29.3 Å². The SMILES string of the molecule is COc1cc(CO)cc2c1O[C@@H]1[C@@H](O)[C@H](N(CCc3cccc(F)c3)C(=O)C3CCOC3)C=C(C(=O)NCCO)[C@H]21. The van der Waals surface area contributed by atoms with E-state index in [2.05, 4.69) is 5.32 Å². The first-order valence-electron chi connectivity index (χ1n) is 13.8. The first-order chi connectivity index (χ1) is 19.9. The summed E-state index contributed by atoms with van der Waals surface area (Å²) in [7, 11) is 1.46. The lowest BCUT2D eigenvalue weighted by molar-refractivity contribution is -0.141. The summed E-state index contributed by atoms with van der Waals surface area (Å²) in [6.45, 7) is 0.326. The van der Waals surface area contributed by atoms with E-state index >= 15 is 0 Å². The molecule has 10 nitrogen and oxygen atoms in total. The second kappa shape index (κ2) is 12.6. The van der Waals surface area contributed by atoms with E-state index in [1.54, 1.807) is 30.3 Å². The summed E-state index contributed by atoms with van der Waals surface area (Å²) in [5, 5.41) is 33.6. The van der Waals surface area contributed by atoms with Crippen LogP contribution in [0.5, 0.6) is 11.5 Å². The monoisotopic (exact) mass is 570 g/mol. The average Bonchev–Trinajstić information content (AvgIpc) is 3.65. The van der Waals surface area contributed by atoms with Crippen LogP contribution in [0.25, 0.3) is 0 Å². The van der Waals surface area contributed by atoms with E-state index in [0.717, 1.165) is 0 Å². The summed E-state index contributed by atoms with van der Waals surface area (Å²) in [6, 6.07) is 8.52. The maximum Gasteiger partial charge on any atom is 0.247 e. The van der Waals surface area contributed by atoms with Crippen LogP contribution in [0.1, 0.15) is 29.0 Å². The van der Waals surface area contributed by atoms with Crippen molar-refractivity contribution in [1.29, 1.82) is 0 Å². The standard InChI is InChI=1S/C30H35FN2O8/c1-39-24-13-18(15-35)12-21-25-22(29(37)32-7-9-34)14-23(26(36)28(25)41-27(21)24)33(30(38)19-6-10-40-16-19)8-5-17-3-2-4-20(31)11-17/h2-4,11-14,19,23,25-26,28,34-36H,5-10,15-16H2,1H3,(H,32,37)/t19?,23-,25+,26+,28+/m1/s1. The fourth-order valence-electron chi connectivity index (χ4n) is 5.93. The lowest BCUT2D eigenvalue weighted by Crippen LogP contribution is -2.57. The number of hydrogen-bond donors (Lipinski definition) is 4. The number of rotatable bonds is 10. The molecule has 2 aromatic rings. The van der Waals surface area contributed by atoms with E-state index in [1.807, 2.05) is 0 Å². The highest BCUT2D eigenvalue weighted by Crippen LogP contribution is 2.51. The largest absolute Gasteiger partial charge is 0.493 e. The van der Waals surface area contributed by atoms with E-state index in [0.29, 0.717) is 47.6 Å². The van der Waals surface area contributed by atoms with Crippen LogP contribution in [-0.4, -0.2) is 90.3 Å². The van der Waals surface area contributed by atoms with E-state index in [4.69, 9.17) is 14.2 Å². The number of methoxy groups -OCH3 is 1. The highest BCUT2D eigenvalue weighted by molar-refractivity contribution is 5.96. The van der Waals surface area contributed by atoms with Crippen molar-refractivity contribution in [2.75, 3.05) is 40.0 Å². The Kier molecular flexibility index (Phi) is 8.88. The van der Waals surface area contributed by atoms with Gasteiger partial charge in [-0.15, -0.1) is 0 Å². The summed E-state index contributed by atoms with van der Waals surface area (Å²) >= 11 is 0. The number of hydrogen-bond acceptors (Lipinski definition) is 8. The first-order valence-corrected chi connectivity index (χ1v) is 13.8. The fourth-order valence-corrected chi connectivity index (χ4v) is 5.93. The van der Waals surface area contributed by atoms with Gasteiger partial charge in [0.15, 0.2) is 11.5 Å². The van der Waals surface area contributed by atoms with Crippen LogP contribution in [0.4, 0.5) is 4.39 Å². The Morgan fingerprint density at radius 1 is 1.20 bits per heavy atom. The Morgan fingerprint density at radius 2 is 2.02 bits per heavy atom. The topological polar surface area (TPSA) is 138 Å². The molecular weight excluding hydrogens is 535 g/mol. The van der Waals surface area contributed by atoms with Gasteiger partial charge in [0.05, 0.1) is 44.8 Å². The van der Waals surface area contributed by atoms with Crippen LogP contribution in [0.15, 0.2) is 48.0 Å². The van der Waals surface area contributed by atoms with Gasteiger partial charge in [0, 0.05) is 30.8 Å². The molecule has 2 aliphatic heterocycles. The van der Waals surface area contributed by atoms with Crippen LogP contribution in [0.2, 0.25) is 0 Å². The molecule has 41 heavy (non-hydrogen) atoms. The van der Waals surface area contributed by atoms with E-state index < -0.39 is 36.0 Å². The Hall–Kier alpha value is -3.51. The Balaban J connectivity index is 1.55. The van der Waals surface area contributed by atoms with E-state index in [-0.39, 0.29) is 50.2 Å². The maximum absolute atomic E-state index is 13.9. The second-order valence-corrected chi connectivity index (χ2v) is 10.5. The molecule has 2 aromatic carbocycles. The zero-order valence-corrected chi connectivity index (χ0v) is 22.8. The molecule has 5 rings (SSSR count). The number of nitrogens with one attached hydrogen (secondary N) is 1. The minimum Gasteiger partial charge on any atom is -0.493 e. The van der Waals surface area contributed by atoms with Crippen molar-refractivity contribution in [2.45, 2.75) is 43.6 Å². The number of aliphatic hydroxyl groups is 3. The fraction of sp³-hybridized carbons (Fsp3) is 0.467. The number of nitrogens with zero attached hydrogens (tertiary/aromatic N) is 1. The predicted octanol–water partition coefficient (Wildman–Crippen LogP) is 1.06. The minimum atomic E-state index is -1.23. The molecule has 4 N–H and O–H groups in total. The molecule has 1 unspecified atom stereocenters. The summed E-state index contributed by atoms with van der Waals surface area (Å²) in [5.74, 6) is -1.53. The highest BCUT2D eigenvalue weighted by atomic mass is 19.1. The molecule has 0 aromatic heterocycles. The molecule has 1 aliphatic carbocycles. The second-order valence-electron chi connectivity index (χ2n) is 10.5. The number of halogens is 1. The van der Waals surface area contributed by atoms with Crippen molar-refractivity contribution in [3.05, 3.63) is 70.6 Å². The average molecular weight is 571 g/mol. The van der Waals surface area contributed by atoms with Gasteiger partial charge in [0.1, 0.15) is 18.0 Å². The third kappa shape index (κ3) is 5.80. The lowest BCUT2D eigenvalue weighted by Gasteiger charge is -2.41. The third-order valence-electron chi connectivity index (χ3n) is 7.95. The van der Waals surface area contributed by atoms with Gasteiger partial charge in [-0.2, -0.15) is 0 Å². The van der Waals surface area contributed by atoms with Gasteiger partial charge < -0.3 is 39.7 Å². The van der Waals surface area contributed by atoms with Crippen LogP contribution >= 0.6 is 0 Å². The van der Waals surface area contributed by atoms with Gasteiger partial charge >= 0.3 is 0 Å². The number of amides is 2. The Labute approximate surface area is 237 Å². The number of carbonyl (C=O) groups is 2. The number of fused-ring (bicyclic) bond motifs is 3. The van der Waals surface area contributed by atoms with Gasteiger partial charge in [0.2, 0.25) is 11.8 Å². The van der Waals surface area contributed by atoms with Crippen LogP contribution in [0, 0.1) is 11.7 Å². The van der Waals surface area contributed by atoms with Crippen molar-refractivity contribution in [1.82, 2.24) is 10.2 Å². The van der Waals surface area contributed by atoms with Crippen LogP contribution < -0.4 is 14.8 Å². The van der Waals surface area contributed by atoms with Gasteiger partial charge in [0.25, 0.3) is 0 Å². The Morgan fingerprint density at radius 3 is 2.71 bits per heavy atom. The molecule has 2 heterocycles. The quantitative estimate of drug-likeness (QED) is 0.333. The van der Waals surface area contributed by atoms with Crippen molar-refractivity contribution in [2.24, 2.45) is 5.92 Å². The molecule has 0 spiro atoms. The van der Waals surface area contributed by atoms with Crippen molar-refractivity contribution in [3.63, 3.8) is 0 Å². The molecule has 3 aliphatic rings. The Bertz CT molecular complexity index is 1310. The molecule has 220 valence electrons. The lowest BCUT2D eigenvalue weighted by atomic mass is 9.77. The number of aliphatic hydroxyl groups excluding tert-OH is 3. The number of benzene rings is 2. The first kappa shape index (κ1) is 29.0. The zero-order chi connectivity index (χ0) is 29.1. The smallest absolute Gasteiger partial charge is 0.247 e. The zero-order valence-electron chi connectivity index (χ0n) is 22.8. The summed E-state index contributed by atoms with van der Waals surface area (Å²) in [4.78, 5) is 28.8. The van der Waals surface area contributed by atoms with Gasteiger partial charge in [-0.1, -0.05) is 12.1 Å². The van der Waals surface area contributed by atoms with Gasteiger partial charge in [-0.25, -0.2) is 4.39 Å². The molecule has 0 radical (unpaired) electrons. The minimum absolute atomic E-state index is 0.0100. The van der Waals surface area contributed by atoms with Crippen molar-refractivity contribution < 1.29 is 43.5 Å². The van der Waals surface area contributed by atoms with E-state index in [1.165, 1.54) is 24.1 Å². The van der Waals surface area contributed by atoms with Crippen LogP contribution in [-0.2, 0) is 27.4 Å². The molecule has 0 bridgehead atoms. The van der Waals surface area contributed by atoms with Gasteiger partial charge in [-0.3, -0.25) is 9.59 Å². The maximum atomic E-state index is 13.9. The number of carbonyl (C=O) groups excluding carboxylic acids is 2. The normalized spacial score (nSPS) is 24.6. The summed E-state index contributed by atoms with van der Waals surface area (Å²) < 4.78 is 31.1.